The zero-order valence-electron chi connectivity index (χ0n) is 11.0. The predicted molar refractivity (Wildman–Crippen MR) is 76.1 cm³/mol. The summed E-state index contributed by atoms with van der Waals surface area (Å²) >= 11 is 0. The molecule has 4 N–H and O–H groups in total. The number of primary amides is 1. The van der Waals surface area contributed by atoms with Gasteiger partial charge in [-0.15, -0.1) is 0 Å². The van der Waals surface area contributed by atoms with Crippen molar-refractivity contribution in [2.45, 2.75) is 0 Å². The molecule has 0 spiro atoms. The van der Waals surface area contributed by atoms with Gasteiger partial charge in [0.2, 0.25) is 5.56 Å². The molecule has 1 aromatic heterocycles. The summed E-state index contributed by atoms with van der Waals surface area (Å²) < 4.78 is 5.13. The first kappa shape index (κ1) is 14.3. The zero-order valence-corrected chi connectivity index (χ0v) is 11.0. The van der Waals surface area contributed by atoms with E-state index in [0.29, 0.717) is 11.4 Å². The van der Waals surface area contributed by atoms with Gasteiger partial charge in [0.25, 0.3) is 11.8 Å². The number of rotatable bonds is 5. The molecule has 0 saturated heterocycles. The van der Waals surface area contributed by atoms with E-state index in [4.69, 9.17) is 10.5 Å². The number of aromatic amines is 1. The first-order valence-corrected chi connectivity index (χ1v) is 6.06. The van der Waals surface area contributed by atoms with E-state index in [1.807, 2.05) is 0 Å². The van der Waals surface area contributed by atoms with Gasteiger partial charge in [-0.2, -0.15) is 0 Å². The maximum absolute atomic E-state index is 12.0. The number of hydrogen-bond acceptors (Lipinski definition) is 4. The molecule has 7 nitrogen and oxygen atoms in total. The molecule has 108 valence electrons. The van der Waals surface area contributed by atoms with E-state index in [9.17, 15) is 14.4 Å². The monoisotopic (exact) mass is 287 g/mol. The summed E-state index contributed by atoms with van der Waals surface area (Å²) in [5, 5.41) is 2.63. The number of carbonyl (C=O) groups excluding carboxylic acids is 2. The number of amides is 2. The molecule has 0 fully saturated rings. The maximum atomic E-state index is 12.0. The molecule has 0 aliphatic rings. The molecule has 2 rings (SSSR count). The number of pyridine rings is 1. The Morgan fingerprint density at radius 2 is 2.05 bits per heavy atom. The van der Waals surface area contributed by atoms with Gasteiger partial charge in [0.05, 0.1) is 0 Å². The quantitative estimate of drug-likeness (QED) is 0.742. The first-order valence-electron chi connectivity index (χ1n) is 6.06. The number of anilines is 1. The average molecular weight is 287 g/mol. The highest BCUT2D eigenvalue weighted by Crippen LogP contribution is 2.17. The number of carbonyl (C=O) groups is 2. The highest BCUT2D eigenvalue weighted by atomic mass is 16.5. The van der Waals surface area contributed by atoms with Crippen LogP contribution in [0.25, 0.3) is 0 Å². The Morgan fingerprint density at radius 1 is 1.24 bits per heavy atom. The summed E-state index contributed by atoms with van der Waals surface area (Å²) in [5.74, 6) is -0.612. The van der Waals surface area contributed by atoms with Gasteiger partial charge in [-0.3, -0.25) is 14.4 Å². The lowest BCUT2D eigenvalue weighted by atomic mass is 10.2. The molecule has 1 heterocycles. The van der Waals surface area contributed by atoms with E-state index in [0.717, 1.165) is 0 Å². The van der Waals surface area contributed by atoms with Gasteiger partial charge in [-0.1, -0.05) is 6.07 Å². The minimum atomic E-state index is -0.590. The molecule has 7 heteroatoms. The van der Waals surface area contributed by atoms with Crippen LogP contribution < -0.4 is 21.3 Å². The van der Waals surface area contributed by atoms with E-state index in [1.165, 1.54) is 18.3 Å². The molecule has 0 saturated carbocycles. The number of aromatic nitrogens is 1. The van der Waals surface area contributed by atoms with Gasteiger partial charge in [0, 0.05) is 29.6 Å². The van der Waals surface area contributed by atoms with Gasteiger partial charge in [0.1, 0.15) is 5.75 Å². The Morgan fingerprint density at radius 3 is 2.76 bits per heavy atom. The minimum absolute atomic E-state index is 0.238. The first-order chi connectivity index (χ1) is 10.0. The molecule has 2 aromatic rings. The Hall–Kier alpha value is -3.09. The fraction of sp³-hybridized carbons (Fsp3) is 0.0714. The largest absolute Gasteiger partial charge is 0.484 e. The van der Waals surface area contributed by atoms with E-state index in [-0.39, 0.29) is 17.7 Å². The summed E-state index contributed by atoms with van der Waals surface area (Å²) in [6.07, 6.45) is 1.39. The Bertz CT molecular complexity index is 724. The van der Waals surface area contributed by atoms with Gasteiger partial charge >= 0.3 is 0 Å². The molecule has 0 atom stereocenters. The lowest BCUT2D eigenvalue weighted by molar-refractivity contribution is -0.119. The summed E-state index contributed by atoms with van der Waals surface area (Å²) in [4.78, 5) is 36.2. The van der Waals surface area contributed by atoms with Gasteiger partial charge in [-0.05, 0) is 18.2 Å². The van der Waals surface area contributed by atoms with Crippen molar-refractivity contribution in [2.75, 3.05) is 11.9 Å². The molecule has 0 aliphatic heterocycles. The van der Waals surface area contributed by atoms with E-state index in [2.05, 4.69) is 10.3 Å². The van der Waals surface area contributed by atoms with E-state index >= 15 is 0 Å². The number of nitrogens with one attached hydrogen (secondary N) is 2. The Labute approximate surface area is 119 Å². The summed E-state index contributed by atoms with van der Waals surface area (Å²) in [7, 11) is 0. The zero-order chi connectivity index (χ0) is 15.2. The lowest BCUT2D eigenvalue weighted by Gasteiger charge is -2.08. The number of ether oxygens (including phenoxy) is 1. The molecule has 1 aromatic carbocycles. The fourth-order valence-corrected chi connectivity index (χ4v) is 1.61. The smallest absolute Gasteiger partial charge is 0.255 e. The highest BCUT2D eigenvalue weighted by Gasteiger charge is 2.07. The predicted octanol–water partition coefficient (Wildman–Crippen LogP) is 0.491. The van der Waals surface area contributed by atoms with Crippen LogP contribution in [0, 0.1) is 0 Å². The van der Waals surface area contributed by atoms with Crippen LogP contribution in [-0.2, 0) is 4.79 Å². The van der Waals surface area contributed by atoms with Crippen molar-refractivity contribution >= 4 is 17.5 Å². The van der Waals surface area contributed by atoms with Crippen molar-refractivity contribution in [1.29, 1.82) is 0 Å². The van der Waals surface area contributed by atoms with Crippen molar-refractivity contribution in [3.8, 4) is 5.75 Å². The lowest BCUT2D eigenvalue weighted by Crippen LogP contribution is -2.20. The van der Waals surface area contributed by atoms with E-state index < -0.39 is 11.8 Å². The van der Waals surface area contributed by atoms with Crippen LogP contribution in [0.15, 0.2) is 47.4 Å². The fourth-order valence-electron chi connectivity index (χ4n) is 1.61. The molecule has 0 unspecified atom stereocenters. The molecule has 2 amide bonds. The molecule has 21 heavy (non-hydrogen) atoms. The number of hydrogen-bond donors (Lipinski definition) is 3. The second-order valence-corrected chi connectivity index (χ2v) is 4.18. The standard InChI is InChI=1S/C14H13N3O4/c15-12(18)8-21-11-3-1-2-10(7-11)17-14(20)9-4-5-16-13(19)6-9/h1-7H,8H2,(H2,15,18)(H,16,19)(H,17,20). The second kappa shape index (κ2) is 6.38. The Balaban J connectivity index is 2.09. The van der Waals surface area contributed by atoms with Crippen LogP contribution in [-0.4, -0.2) is 23.4 Å². The average Bonchev–Trinajstić information content (AvgIpc) is 2.45. The van der Waals surface area contributed by atoms with Crippen molar-refractivity contribution < 1.29 is 14.3 Å². The van der Waals surface area contributed by atoms with Crippen LogP contribution in [0.2, 0.25) is 0 Å². The van der Waals surface area contributed by atoms with Gasteiger partial charge in [-0.25, -0.2) is 0 Å². The molecular weight excluding hydrogens is 274 g/mol. The highest BCUT2D eigenvalue weighted by molar-refractivity contribution is 6.04. The number of benzene rings is 1. The van der Waals surface area contributed by atoms with Crippen molar-refractivity contribution in [1.82, 2.24) is 4.98 Å². The van der Waals surface area contributed by atoms with Crippen molar-refractivity contribution in [3.05, 3.63) is 58.5 Å². The van der Waals surface area contributed by atoms with Crippen LogP contribution >= 0.6 is 0 Å². The Kier molecular flexibility index (Phi) is 4.35. The third-order valence-electron chi connectivity index (χ3n) is 2.51. The summed E-state index contributed by atoms with van der Waals surface area (Å²) in [6.45, 7) is -0.245. The SMILES string of the molecule is NC(=O)COc1cccc(NC(=O)c2cc[nH]c(=O)c2)c1. The summed E-state index contributed by atoms with van der Waals surface area (Å²) in [6, 6.07) is 9.18. The van der Waals surface area contributed by atoms with Gasteiger partial charge in [0.15, 0.2) is 6.61 Å². The topological polar surface area (TPSA) is 114 Å². The number of nitrogens with two attached hydrogens (primary N) is 1. The molecule has 0 bridgehead atoms. The van der Waals surface area contributed by atoms with E-state index in [1.54, 1.807) is 24.3 Å². The van der Waals surface area contributed by atoms with Crippen LogP contribution in [0.3, 0.4) is 0 Å². The summed E-state index contributed by atoms with van der Waals surface area (Å²) in [5.41, 5.74) is 5.34. The van der Waals surface area contributed by atoms with Crippen LogP contribution in [0.4, 0.5) is 5.69 Å². The maximum Gasteiger partial charge on any atom is 0.255 e. The van der Waals surface area contributed by atoms with Crippen LogP contribution in [0.1, 0.15) is 10.4 Å². The van der Waals surface area contributed by atoms with Crippen molar-refractivity contribution in [2.24, 2.45) is 5.73 Å². The molecule has 0 radical (unpaired) electrons. The third-order valence-corrected chi connectivity index (χ3v) is 2.51. The molecule has 0 aliphatic carbocycles. The normalized spacial score (nSPS) is 9.90. The van der Waals surface area contributed by atoms with Crippen LogP contribution in [0.5, 0.6) is 5.75 Å². The third kappa shape index (κ3) is 4.20. The second-order valence-electron chi connectivity index (χ2n) is 4.18. The van der Waals surface area contributed by atoms with Crippen molar-refractivity contribution in [3.63, 3.8) is 0 Å². The minimum Gasteiger partial charge on any atom is -0.484 e. The van der Waals surface area contributed by atoms with Gasteiger partial charge < -0.3 is 20.8 Å². The number of H-pyrrole nitrogens is 1. The molecular formula is C14H13N3O4.